The molecule has 1 heterocycles. The predicted molar refractivity (Wildman–Crippen MR) is 146 cm³/mol. The summed E-state index contributed by atoms with van der Waals surface area (Å²) in [5.41, 5.74) is 5.43. The van der Waals surface area contributed by atoms with E-state index in [9.17, 15) is 13.2 Å². The summed E-state index contributed by atoms with van der Waals surface area (Å²) in [4.78, 5) is 14.4. The number of amides is 1. The third-order valence-electron chi connectivity index (χ3n) is 6.43. The van der Waals surface area contributed by atoms with Crippen molar-refractivity contribution in [2.75, 3.05) is 13.1 Å². The van der Waals surface area contributed by atoms with Crippen molar-refractivity contribution in [2.45, 2.75) is 55.7 Å². The lowest BCUT2D eigenvalue weighted by Gasteiger charge is -2.35. The third-order valence-corrected chi connectivity index (χ3v) is 8.38. The molecular formula is C27H30BrF2N3O4S. The van der Waals surface area contributed by atoms with Gasteiger partial charge in [-0.1, -0.05) is 40.2 Å². The van der Waals surface area contributed by atoms with E-state index in [1.165, 1.54) is 29.2 Å². The van der Waals surface area contributed by atoms with Crippen LogP contribution in [0.1, 0.15) is 32.3 Å². The van der Waals surface area contributed by atoms with Gasteiger partial charge in [0.1, 0.15) is 5.75 Å². The number of benzene rings is 3. The van der Waals surface area contributed by atoms with E-state index in [2.05, 4.69) is 15.9 Å². The maximum Gasteiger partial charge on any atom is 0.298 e. The van der Waals surface area contributed by atoms with Gasteiger partial charge in [-0.25, -0.2) is 8.42 Å². The highest BCUT2D eigenvalue weighted by molar-refractivity contribution is 9.10. The fraction of sp³-hybridized carbons (Fsp3) is 0.370. The van der Waals surface area contributed by atoms with Crippen molar-refractivity contribution in [1.82, 2.24) is 9.62 Å². The number of carbonyl (C=O) groups is 1. The maximum absolute atomic E-state index is 15.9. The van der Waals surface area contributed by atoms with Gasteiger partial charge in [-0.2, -0.15) is 13.5 Å². The Hall–Kier alpha value is -2.60. The van der Waals surface area contributed by atoms with Crippen LogP contribution in [0.25, 0.3) is 10.8 Å². The Kier molecular flexibility index (Phi) is 8.41. The Balaban J connectivity index is 1.68. The van der Waals surface area contributed by atoms with Crippen LogP contribution in [-0.2, 0) is 20.7 Å². The molecule has 0 spiro atoms. The highest BCUT2D eigenvalue weighted by Crippen LogP contribution is 2.35. The first-order chi connectivity index (χ1) is 17.9. The van der Waals surface area contributed by atoms with E-state index in [0.29, 0.717) is 28.5 Å². The minimum Gasteiger partial charge on any atom is -0.491 e. The molecule has 0 unspecified atom stereocenters. The van der Waals surface area contributed by atoms with E-state index in [0.717, 1.165) is 17.5 Å². The molecule has 0 saturated carbocycles. The standard InChI is InChI=1S/C27H30BrF2N3O4S/c1-17(2)37-23-9-3-19-16-24(10-4-18(19)15-23)38(35,36)32-25(26(34)33-13-11-22(31)12-14-33)27(29,30)20-5-7-21(28)8-6-20/h3-10,15-17,22,25,32H,11-14,31H2,1-2H3/t25-/m1/s1. The predicted octanol–water partition coefficient (Wildman–Crippen LogP) is 4.78. The lowest BCUT2D eigenvalue weighted by molar-refractivity contribution is -0.145. The number of likely N-dealkylation sites (tertiary alicyclic amines) is 1. The Morgan fingerprint density at radius 3 is 2.29 bits per heavy atom. The molecule has 3 aromatic carbocycles. The molecule has 0 bridgehead atoms. The average Bonchev–Trinajstić information content (AvgIpc) is 2.87. The molecule has 1 aliphatic rings. The Morgan fingerprint density at radius 2 is 1.66 bits per heavy atom. The SMILES string of the molecule is CC(C)Oc1ccc2cc(S(=O)(=O)N[C@H](C(=O)N3CCC(N)CC3)C(F)(F)c3ccc(Br)cc3)ccc2c1. The molecule has 1 fully saturated rings. The van der Waals surface area contributed by atoms with Gasteiger partial charge in [0.05, 0.1) is 11.0 Å². The molecule has 38 heavy (non-hydrogen) atoms. The quantitative estimate of drug-likeness (QED) is 0.383. The molecule has 204 valence electrons. The zero-order valence-electron chi connectivity index (χ0n) is 21.0. The fourth-order valence-corrected chi connectivity index (χ4v) is 5.85. The summed E-state index contributed by atoms with van der Waals surface area (Å²) in [5, 5.41) is 1.30. The number of carbonyl (C=O) groups excluding carboxylic acids is 1. The van der Waals surface area contributed by atoms with E-state index in [1.54, 1.807) is 24.3 Å². The smallest absolute Gasteiger partial charge is 0.298 e. The van der Waals surface area contributed by atoms with Gasteiger partial charge in [-0.15, -0.1) is 0 Å². The van der Waals surface area contributed by atoms with Gasteiger partial charge in [0.15, 0.2) is 6.04 Å². The molecule has 0 aromatic heterocycles. The van der Waals surface area contributed by atoms with Crippen molar-refractivity contribution in [3.8, 4) is 5.75 Å². The highest BCUT2D eigenvalue weighted by atomic mass is 79.9. The number of nitrogens with zero attached hydrogens (tertiary/aromatic N) is 1. The van der Waals surface area contributed by atoms with Gasteiger partial charge in [-0.05, 0) is 73.9 Å². The molecule has 4 rings (SSSR count). The minimum atomic E-state index is -4.52. The minimum absolute atomic E-state index is 0.0335. The molecule has 1 atom stereocenters. The van der Waals surface area contributed by atoms with Gasteiger partial charge in [-0.3, -0.25) is 4.79 Å². The normalized spacial score (nSPS) is 16.1. The van der Waals surface area contributed by atoms with Crippen LogP contribution in [0.2, 0.25) is 0 Å². The summed E-state index contributed by atoms with van der Waals surface area (Å²) in [5.74, 6) is -4.20. The first-order valence-corrected chi connectivity index (χ1v) is 14.6. The molecular weight excluding hydrogens is 580 g/mol. The summed E-state index contributed by atoms with van der Waals surface area (Å²) in [6.07, 6.45) is 0.860. The van der Waals surface area contributed by atoms with E-state index < -0.39 is 33.5 Å². The highest BCUT2D eigenvalue weighted by Gasteiger charge is 2.50. The zero-order chi connectivity index (χ0) is 27.7. The number of halogens is 3. The van der Waals surface area contributed by atoms with Crippen LogP contribution in [0.15, 0.2) is 70.0 Å². The number of sulfonamides is 1. The van der Waals surface area contributed by atoms with E-state index >= 15 is 8.78 Å². The second-order valence-electron chi connectivity index (χ2n) is 9.68. The number of nitrogens with two attached hydrogens (primary N) is 1. The average molecular weight is 611 g/mol. The van der Waals surface area contributed by atoms with Gasteiger partial charge in [0.25, 0.3) is 5.92 Å². The van der Waals surface area contributed by atoms with Crippen LogP contribution in [0.4, 0.5) is 8.78 Å². The lowest BCUT2D eigenvalue weighted by atomic mass is 9.99. The first kappa shape index (κ1) is 28.4. The van der Waals surface area contributed by atoms with Crippen LogP contribution in [-0.4, -0.2) is 50.5 Å². The van der Waals surface area contributed by atoms with Gasteiger partial charge < -0.3 is 15.4 Å². The van der Waals surface area contributed by atoms with Gasteiger partial charge in [0.2, 0.25) is 15.9 Å². The molecule has 3 N–H and O–H groups in total. The Bertz CT molecular complexity index is 1410. The zero-order valence-corrected chi connectivity index (χ0v) is 23.4. The molecule has 3 aromatic rings. The number of hydrogen-bond acceptors (Lipinski definition) is 5. The number of hydrogen-bond donors (Lipinski definition) is 2. The van der Waals surface area contributed by atoms with Crippen LogP contribution in [0.3, 0.4) is 0 Å². The molecule has 0 radical (unpaired) electrons. The topological polar surface area (TPSA) is 102 Å². The van der Waals surface area contributed by atoms with E-state index in [-0.39, 0.29) is 30.1 Å². The second kappa shape index (κ2) is 11.3. The van der Waals surface area contributed by atoms with Crippen LogP contribution in [0, 0.1) is 0 Å². The summed E-state index contributed by atoms with van der Waals surface area (Å²) < 4.78 is 66.8. The van der Waals surface area contributed by atoms with Crippen LogP contribution < -0.4 is 15.2 Å². The van der Waals surface area contributed by atoms with Crippen molar-refractivity contribution in [1.29, 1.82) is 0 Å². The molecule has 1 saturated heterocycles. The molecule has 1 aliphatic heterocycles. The maximum atomic E-state index is 15.9. The Labute approximate surface area is 229 Å². The number of rotatable bonds is 8. The van der Waals surface area contributed by atoms with Crippen LogP contribution in [0.5, 0.6) is 5.75 Å². The van der Waals surface area contributed by atoms with Gasteiger partial charge >= 0.3 is 0 Å². The van der Waals surface area contributed by atoms with E-state index in [4.69, 9.17) is 10.5 Å². The van der Waals surface area contributed by atoms with Crippen molar-refractivity contribution >= 4 is 42.6 Å². The van der Waals surface area contributed by atoms with Crippen molar-refractivity contribution in [3.63, 3.8) is 0 Å². The Morgan fingerprint density at radius 1 is 1.05 bits per heavy atom. The summed E-state index contributed by atoms with van der Waals surface area (Å²) in [6, 6.07) is 12.1. The van der Waals surface area contributed by atoms with Crippen LogP contribution >= 0.6 is 15.9 Å². The number of ether oxygens (including phenoxy) is 1. The van der Waals surface area contributed by atoms with Crippen molar-refractivity contribution < 1.29 is 26.7 Å². The van der Waals surface area contributed by atoms with Gasteiger partial charge in [0, 0.05) is 29.2 Å². The summed E-state index contributed by atoms with van der Waals surface area (Å²) in [6.45, 7) is 4.13. The lowest BCUT2D eigenvalue weighted by Crippen LogP contribution is -2.57. The fourth-order valence-electron chi connectivity index (χ4n) is 4.36. The first-order valence-electron chi connectivity index (χ1n) is 12.3. The number of nitrogens with one attached hydrogen (secondary N) is 1. The number of alkyl halides is 2. The summed E-state index contributed by atoms with van der Waals surface area (Å²) in [7, 11) is -4.52. The van der Waals surface area contributed by atoms with Crippen molar-refractivity contribution in [3.05, 3.63) is 70.7 Å². The monoisotopic (exact) mass is 609 g/mol. The second-order valence-corrected chi connectivity index (χ2v) is 12.3. The molecule has 7 nitrogen and oxygen atoms in total. The number of fused-ring (bicyclic) bond motifs is 1. The van der Waals surface area contributed by atoms with Crippen molar-refractivity contribution in [2.24, 2.45) is 5.73 Å². The van der Waals surface area contributed by atoms with E-state index in [1.807, 2.05) is 18.6 Å². The number of piperidine rings is 1. The largest absolute Gasteiger partial charge is 0.491 e. The summed E-state index contributed by atoms with van der Waals surface area (Å²) >= 11 is 3.21. The molecule has 0 aliphatic carbocycles. The molecule has 11 heteroatoms. The molecule has 1 amide bonds. The third kappa shape index (κ3) is 6.33.